The number of nitrogens with one attached hydrogen (secondary N) is 1. The Balaban J connectivity index is 1.70. The third-order valence-electron chi connectivity index (χ3n) is 3.84. The second-order valence-electron chi connectivity index (χ2n) is 5.21. The monoisotopic (exact) mass is 301 g/mol. The van der Waals surface area contributed by atoms with Crippen LogP contribution in [-0.2, 0) is 0 Å². The number of rotatable bonds is 3. The van der Waals surface area contributed by atoms with Gasteiger partial charge in [0, 0.05) is 48.3 Å². The van der Waals surface area contributed by atoms with Crippen LogP contribution in [0.4, 0.5) is 5.82 Å². The normalized spacial score (nSPS) is 10.8. The first kappa shape index (κ1) is 13.5. The molecule has 112 valence electrons. The van der Waals surface area contributed by atoms with Crippen LogP contribution in [0.25, 0.3) is 27.8 Å². The van der Waals surface area contributed by atoms with Crippen molar-refractivity contribution in [3.63, 3.8) is 0 Å². The second-order valence-corrected chi connectivity index (χ2v) is 5.21. The van der Waals surface area contributed by atoms with Crippen molar-refractivity contribution in [2.24, 2.45) is 0 Å². The summed E-state index contributed by atoms with van der Waals surface area (Å²) in [7, 11) is 1.86. The molecule has 1 N–H and O–H groups in total. The molecule has 0 saturated carbocycles. The van der Waals surface area contributed by atoms with Crippen molar-refractivity contribution in [1.29, 1.82) is 0 Å². The van der Waals surface area contributed by atoms with Crippen LogP contribution < -0.4 is 5.32 Å². The number of aromatic nitrogens is 4. The van der Waals surface area contributed by atoms with E-state index in [-0.39, 0.29) is 0 Å². The summed E-state index contributed by atoms with van der Waals surface area (Å²) in [6, 6.07) is 12.1. The first-order valence-electron chi connectivity index (χ1n) is 7.37. The van der Waals surface area contributed by atoms with Crippen LogP contribution in [0.5, 0.6) is 0 Å². The Hall–Kier alpha value is -3.21. The van der Waals surface area contributed by atoms with E-state index in [0.29, 0.717) is 0 Å². The Morgan fingerprint density at radius 3 is 2.39 bits per heavy atom. The van der Waals surface area contributed by atoms with Crippen molar-refractivity contribution in [3.8, 4) is 16.9 Å². The molecule has 0 spiro atoms. The maximum Gasteiger partial charge on any atom is 0.137 e. The lowest BCUT2D eigenvalue weighted by molar-refractivity contribution is 1.04. The molecule has 5 heteroatoms. The molecule has 0 aromatic carbocycles. The molecule has 23 heavy (non-hydrogen) atoms. The quantitative estimate of drug-likeness (QED) is 0.629. The zero-order chi connectivity index (χ0) is 15.6. The third-order valence-corrected chi connectivity index (χ3v) is 3.84. The fraction of sp³-hybridized carbons (Fsp3) is 0.0556. The van der Waals surface area contributed by atoms with Gasteiger partial charge in [-0.25, -0.2) is 9.97 Å². The summed E-state index contributed by atoms with van der Waals surface area (Å²) < 4.78 is 2.04. The van der Waals surface area contributed by atoms with Crippen molar-refractivity contribution in [3.05, 3.63) is 67.4 Å². The molecule has 4 rings (SSSR count). The predicted octanol–water partition coefficient (Wildman–Crippen LogP) is 3.52. The minimum absolute atomic E-state index is 0.852. The van der Waals surface area contributed by atoms with Gasteiger partial charge in [0.2, 0.25) is 0 Å². The van der Waals surface area contributed by atoms with E-state index < -0.39 is 0 Å². The SMILES string of the molecule is CNc1ccc(-c2ccc(-n3ccc4ccncc43)nc2)cn1. The molecule has 4 aromatic rings. The molecular weight excluding hydrogens is 286 g/mol. The highest BCUT2D eigenvalue weighted by Crippen LogP contribution is 2.22. The molecule has 0 unspecified atom stereocenters. The van der Waals surface area contributed by atoms with E-state index in [2.05, 4.69) is 32.4 Å². The summed E-state index contributed by atoms with van der Waals surface area (Å²) in [4.78, 5) is 13.1. The first-order chi connectivity index (χ1) is 11.3. The standard InChI is InChI=1S/C18H15N5/c1-19-17-4-2-14(10-21-17)15-3-5-18(22-11-15)23-9-7-13-6-8-20-12-16(13)23/h2-12H,1H3,(H,19,21). The molecule has 0 radical (unpaired) electrons. The smallest absolute Gasteiger partial charge is 0.137 e. The fourth-order valence-electron chi connectivity index (χ4n) is 2.59. The van der Waals surface area contributed by atoms with Crippen molar-refractivity contribution in [1.82, 2.24) is 19.5 Å². The van der Waals surface area contributed by atoms with Gasteiger partial charge in [-0.2, -0.15) is 0 Å². The Kier molecular flexibility index (Phi) is 3.24. The molecule has 0 aliphatic heterocycles. The number of nitrogens with zero attached hydrogens (tertiary/aromatic N) is 4. The van der Waals surface area contributed by atoms with Crippen LogP contribution in [0.1, 0.15) is 0 Å². The molecule has 0 aliphatic rings. The molecule has 0 bridgehead atoms. The van der Waals surface area contributed by atoms with Gasteiger partial charge in [0.05, 0.1) is 11.7 Å². The van der Waals surface area contributed by atoms with E-state index in [1.165, 1.54) is 0 Å². The molecule has 0 fully saturated rings. The lowest BCUT2D eigenvalue weighted by atomic mass is 10.1. The highest BCUT2D eigenvalue weighted by atomic mass is 15.1. The van der Waals surface area contributed by atoms with Gasteiger partial charge in [0.25, 0.3) is 0 Å². The first-order valence-corrected chi connectivity index (χ1v) is 7.37. The Morgan fingerprint density at radius 1 is 0.870 bits per heavy atom. The largest absolute Gasteiger partial charge is 0.373 e. The maximum atomic E-state index is 4.58. The van der Waals surface area contributed by atoms with E-state index >= 15 is 0 Å². The van der Waals surface area contributed by atoms with Crippen molar-refractivity contribution < 1.29 is 0 Å². The molecule has 4 heterocycles. The van der Waals surface area contributed by atoms with Gasteiger partial charge in [-0.3, -0.25) is 9.55 Å². The van der Waals surface area contributed by atoms with Gasteiger partial charge in [-0.15, -0.1) is 0 Å². The van der Waals surface area contributed by atoms with E-state index in [1.807, 2.05) is 60.7 Å². The number of hydrogen-bond acceptors (Lipinski definition) is 4. The molecule has 4 aromatic heterocycles. The van der Waals surface area contributed by atoms with Gasteiger partial charge >= 0.3 is 0 Å². The van der Waals surface area contributed by atoms with Gasteiger partial charge in [0.1, 0.15) is 11.6 Å². The average molecular weight is 301 g/mol. The molecule has 0 atom stereocenters. The minimum atomic E-state index is 0.852. The minimum Gasteiger partial charge on any atom is -0.373 e. The van der Waals surface area contributed by atoms with Gasteiger partial charge in [0.15, 0.2) is 0 Å². The molecule has 0 amide bonds. The fourth-order valence-corrected chi connectivity index (χ4v) is 2.59. The van der Waals surface area contributed by atoms with E-state index in [1.54, 1.807) is 6.20 Å². The van der Waals surface area contributed by atoms with E-state index in [0.717, 1.165) is 33.7 Å². The number of anilines is 1. The zero-order valence-corrected chi connectivity index (χ0v) is 12.6. The van der Waals surface area contributed by atoms with Gasteiger partial charge in [-0.05, 0) is 36.4 Å². The summed E-state index contributed by atoms with van der Waals surface area (Å²) in [5, 5.41) is 4.16. The number of hydrogen-bond donors (Lipinski definition) is 1. The zero-order valence-electron chi connectivity index (χ0n) is 12.6. The summed E-state index contributed by atoms with van der Waals surface area (Å²) in [5.74, 6) is 1.72. The van der Waals surface area contributed by atoms with Crippen LogP contribution in [0.15, 0.2) is 67.4 Å². The third kappa shape index (κ3) is 2.42. The molecule has 5 nitrogen and oxygen atoms in total. The number of pyridine rings is 3. The molecule has 0 saturated heterocycles. The lowest BCUT2D eigenvalue weighted by Crippen LogP contribution is -1.96. The highest BCUT2D eigenvalue weighted by molar-refractivity contribution is 5.80. The summed E-state index contributed by atoms with van der Waals surface area (Å²) >= 11 is 0. The van der Waals surface area contributed by atoms with Crippen molar-refractivity contribution in [2.75, 3.05) is 12.4 Å². The summed E-state index contributed by atoms with van der Waals surface area (Å²) in [6.45, 7) is 0. The average Bonchev–Trinajstić information content (AvgIpc) is 3.06. The molecule has 0 aliphatic carbocycles. The van der Waals surface area contributed by atoms with Crippen LogP contribution in [0, 0.1) is 0 Å². The van der Waals surface area contributed by atoms with Crippen LogP contribution in [0.3, 0.4) is 0 Å². The highest BCUT2D eigenvalue weighted by Gasteiger charge is 2.05. The lowest BCUT2D eigenvalue weighted by Gasteiger charge is -2.06. The Labute approximate surface area is 133 Å². The van der Waals surface area contributed by atoms with E-state index in [4.69, 9.17) is 0 Å². The molecular formula is C18H15N5. The maximum absolute atomic E-state index is 4.58. The van der Waals surface area contributed by atoms with E-state index in [9.17, 15) is 0 Å². The van der Waals surface area contributed by atoms with Crippen molar-refractivity contribution >= 4 is 16.7 Å². The Bertz CT molecular complexity index is 939. The second kappa shape index (κ2) is 5.53. The van der Waals surface area contributed by atoms with Crippen molar-refractivity contribution in [2.45, 2.75) is 0 Å². The summed E-state index contributed by atoms with van der Waals surface area (Å²) in [6.07, 6.45) is 9.37. The van der Waals surface area contributed by atoms with Crippen LogP contribution >= 0.6 is 0 Å². The van der Waals surface area contributed by atoms with Gasteiger partial charge < -0.3 is 5.32 Å². The van der Waals surface area contributed by atoms with Crippen LogP contribution in [-0.4, -0.2) is 26.6 Å². The summed E-state index contributed by atoms with van der Waals surface area (Å²) in [5.41, 5.74) is 3.13. The van der Waals surface area contributed by atoms with Gasteiger partial charge in [-0.1, -0.05) is 0 Å². The topological polar surface area (TPSA) is 55.6 Å². The Morgan fingerprint density at radius 2 is 1.70 bits per heavy atom. The number of fused-ring (bicyclic) bond motifs is 1. The van der Waals surface area contributed by atoms with Crippen LogP contribution in [0.2, 0.25) is 0 Å². The predicted molar refractivity (Wildman–Crippen MR) is 91.6 cm³/mol.